The first-order valence-electron chi connectivity index (χ1n) is 6.59. The Morgan fingerprint density at radius 2 is 2.00 bits per heavy atom. The predicted octanol–water partition coefficient (Wildman–Crippen LogP) is 4.01. The first-order valence-corrected chi connectivity index (χ1v) is 8.26. The molecule has 0 aliphatic heterocycles. The second-order valence-electron chi connectivity index (χ2n) is 4.87. The highest BCUT2D eigenvalue weighted by Gasteiger charge is 2.23. The van der Waals surface area contributed by atoms with Crippen LogP contribution < -0.4 is 10.6 Å². The van der Waals surface area contributed by atoms with Crippen LogP contribution in [0.2, 0.25) is 0 Å². The molecule has 1 saturated carbocycles. The lowest BCUT2D eigenvalue weighted by Crippen LogP contribution is -2.25. The minimum Gasteiger partial charge on any atom is -0.380 e. The summed E-state index contributed by atoms with van der Waals surface area (Å²) in [5, 5.41) is 8.41. The molecule has 1 aliphatic carbocycles. The Hall–Kier alpha value is -1.33. The highest BCUT2D eigenvalue weighted by atomic mass is 79.9. The third kappa shape index (κ3) is 3.41. The van der Waals surface area contributed by atoms with Crippen molar-refractivity contribution in [1.29, 1.82) is 0 Å². The van der Waals surface area contributed by atoms with Gasteiger partial charge in [0.05, 0.1) is 6.54 Å². The van der Waals surface area contributed by atoms with E-state index in [-0.39, 0.29) is 5.91 Å². The zero-order chi connectivity index (χ0) is 13.9. The summed E-state index contributed by atoms with van der Waals surface area (Å²) >= 11 is 5.23. The van der Waals surface area contributed by atoms with Crippen molar-refractivity contribution in [3.63, 3.8) is 0 Å². The number of anilines is 1. The number of amides is 1. The maximum atomic E-state index is 11.9. The summed E-state index contributed by atoms with van der Waals surface area (Å²) in [6.45, 7) is 0.784. The van der Waals surface area contributed by atoms with Crippen LogP contribution in [0, 0.1) is 0 Å². The van der Waals surface area contributed by atoms with Crippen LogP contribution in [0.3, 0.4) is 0 Å². The lowest BCUT2D eigenvalue weighted by Gasteiger charge is -2.07. The van der Waals surface area contributed by atoms with Crippen LogP contribution in [0.4, 0.5) is 5.69 Å². The van der Waals surface area contributed by atoms with E-state index in [9.17, 15) is 4.79 Å². The van der Waals surface area contributed by atoms with Crippen molar-refractivity contribution in [3.8, 4) is 0 Å². The normalized spacial score (nSPS) is 14.1. The van der Waals surface area contributed by atoms with Crippen LogP contribution >= 0.6 is 27.3 Å². The summed E-state index contributed by atoms with van der Waals surface area (Å²) in [5.74, 6) is 0.0278. The molecule has 0 bridgehead atoms. The Morgan fingerprint density at radius 3 is 2.60 bits per heavy atom. The number of carbonyl (C=O) groups is 1. The molecule has 3 nitrogen and oxygen atoms in total. The van der Waals surface area contributed by atoms with Gasteiger partial charge >= 0.3 is 0 Å². The summed E-state index contributed by atoms with van der Waals surface area (Å²) in [5.41, 5.74) is 1.74. The number of carbonyl (C=O) groups excluding carboxylic acids is 1. The number of thiophene rings is 1. The largest absolute Gasteiger partial charge is 0.380 e. The monoisotopic (exact) mass is 350 g/mol. The number of hydrogen-bond acceptors (Lipinski definition) is 3. The van der Waals surface area contributed by atoms with Crippen molar-refractivity contribution in [3.05, 3.63) is 50.6 Å². The average molecular weight is 351 g/mol. The van der Waals surface area contributed by atoms with Crippen molar-refractivity contribution in [2.45, 2.75) is 25.4 Å². The Labute approximate surface area is 130 Å². The van der Waals surface area contributed by atoms with E-state index in [2.05, 4.69) is 31.9 Å². The molecule has 1 aliphatic rings. The molecule has 3 rings (SSSR count). The summed E-state index contributed by atoms with van der Waals surface area (Å²) < 4.78 is 1.13. The standard InChI is InChI=1S/C15H15BrN2OS/c16-13-7-8-20-14(13)9-17-11-3-1-10(2-4-11)15(19)18-12-5-6-12/h1-4,7-8,12,17H,5-6,9H2,(H,18,19). The molecular weight excluding hydrogens is 336 g/mol. The molecule has 0 unspecified atom stereocenters. The fraction of sp³-hybridized carbons (Fsp3) is 0.267. The summed E-state index contributed by atoms with van der Waals surface area (Å²) in [6.07, 6.45) is 2.22. The lowest BCUT2D eigenvalue weighted by molar-refractivity contribution is 0.0951. The molecule has 0 saturated heterocycles. The van der Waals surface area contributed by atoms with E-state index in [4.69, 9.17) is 0 Å². The third-order valence-corrected chi connectivity index (χ3v) is 5.13. The molecule has 1 aromatic carbocycles. The number of nitrogens with one attached hydrogen (secondary N) is 2. The van der Waals surface area contributed by atoms with E-state index < -0.39 is 0 Å². The van der Waals surface area contributed by atoms with Crippen molar-refractivity contribution < 1.29 is 4.79 Å². The van der Waals surface area contributed by atoms with E-state index in [0.717, 1.165) is 35.1 Å². The van der Waals surface area contributed by atoms with Gasteiger partial charge in [-0.15, -0.1) is 11.3 Å². The summed E-state index contributed by atoms with van der Waals surface area (Å²) in [7, 11) is 0. The molecule has 2 aromatic rings. The van der Waals surface area contributed by atoms with Gasteiger partial charge in [-0.1, -0.05) is 0 Å². The van der Waals surface area contributed by atoms with Crippen molar-refractivity contribution in [2.75, 3.05) is 5.32 Å². The maximum Gasteiger partial charge on any atom is 0.251 e. The molecule has 1 heterocycles. The van der Waals surface area contributed by atoms with E-state index in [0.29, 0.717) is 6.04 Å². The van der Waals surface area contributed by atoms with E-state index in [1.165, 1.54) is 4.88 Å². The Bertz CT molecular complexity index is 605. The van der Waals surface area contributed by atoms with Crippen LogP contribution in [-0.4, -0.2) is 11.9 Å². The van der Waals surface area contributed by atoms with Gasteiger partial charge in [0.1, 0.15) is 0 Å². The summed E-state index contributed by atoms with van der Waals surface area (Å²) in [4.78, 5) is 13.1. The van der Waals surface area contributed by atoms with Gasteiger partial charge in [-0.25, -0.2) is 0 Å². The molecule has 0 spiro atoms. The quantitative estimate of drug-likeness (QED) is 0.855. The molecule has 0 atom stereocenters. The smallest absolute Gasteiger partial charge is 0.251 e. The number of hydrogen-bond donors (Lipinski definition) is 2. The van der Waals surface area contributed by atoms with Crippen molar-refractivity contribution >= 4 is 38.9 Å². The average Bonchev–Trinajstić information content (AvgIpc) is 3.18. The number of benzene rings is 1. The van der Waals surface area contributed by atoms with Crippen LogP contribution in [0.5, 0.6) is 0 Å². The molecular formula is C15H15BrN2OS. The van der Waals surface area contributed by atoms with Gasteiger partial charge in [-0.2, -0.15) is 0 Å². The molecule has 1 fully saturated rings. The Morgan fingerprint density at radius 1 is 1.25 bits per heavy atom. The first-order chi connectivity index (χ1) is 9.72. The molecule has 1 aromatic heterocycles. The predicted molar refractivity (Wildman–Crippen MR) is 86.3 cm³/mol. The number of halogens is 1. The molecule has 5 heteroatoms. The maximum absolute atomic E-state index is 11.9. The minimum absolute atomic E-state index is 0.0278. The van der Waals surface area contributed by atoms with Crippen LogP contribution in [-0.2, 0) is 6.54 Å². The zero-order valence-electron chi connectivity index (χ0n) is 10.9. The van der Waals surface area contributed by atoms with Gasteiger partial charge in [0.15, 0.2) is 0 Å². The van der Waals surface area contributed by atoms with E-state index >= 15 is 0 Å². The van der Waals surface area contributed by atoms with Crippen LogP contribution in [0.15, 0.2) is 40.2 Å². The van der Waals surface area contributed by atoms with Crippen molar-refractivity contribution in [1.82, 2.24) is 5.32 Å². The fourth-order valence-electron chi connectivity index (χ4n) is 1.87. The fourth-order valence-corrected chi connectivity index (χ4v) is 3.30. The van der Waals surface area contributed by atoms with E-state index in [1.807, 2.05) is 30.3 Å². The van der Waals surface area contributed by atoms with Gasteiger partial charge < -0.3 is 10.6 Å². The zero-order valence-corrected chi connectivity index (χ0v) is 13.3. The SMILES string of the molecule is O=C(NC1CC1)c1ccc(NCc2sccc2Br)cc1. The summed E-state index contributed by atoms with van der Waals surface area (Å²) in [6, 6.07) is 10.1. The second-order valence-corrected chi connectivity index (χ2v) is 6.73. The van der Waals surface area contributed by atoms with Gasteiger partial charge in [0, 0.05) is 26.6 Å². The van der Waals surface area contributed by atoms with Gasteiger partial charge in [0.25, 0.3) is 5.91 Å². The lowest BCUT2D eigenvalue weighted by atomic mass is 10.2. The molecule has 2 N–H and O–H groups in total. The topological polar surface area (TPSA) is 41.1 Å². The molecule has 1 amide bonds. The molecule has 104 valence electrons. The van der Waals surface area contributed by atoms with Crippen LogP contribution in [0.1, 0.15) is 28.1 Å². The Balaban J connectivity index is 1.58. The Kier molecular flexibility index (Phi) is 4.08. The number of rotatable bonds is 5. The van der Waals surface area contributed by atoms with Crippen LogP contribution in [0.25, 0.3) is 0 Å². The van der Waals surface area contributed by atoms with E-state index in [1.54, 1.807) is 11.3 Å². The van der Waals surface area contributed by atoms with Gasteiger partial charge in [0.2, 0.25) is 0 Å². The first kappa shape index (κ1) is 13.6. The minimum atomic E-state index is 0.0278. The van der Waals surface area contributed by atoms with Gasteiger partial charge in [-0.3, -0.25) is 4.79 Å². The molecule has 20 heavy (non-hydrogen) atoms. The van der Waals surface area contributed by atoms with Gasteiger partial charge in [-0.05, 0) is 64.5 Å². The second kappa shape index (κ2) is 5.97. The molecule has 0 radical (unpaired) electrons. The van der Waals surface area contributed by atoms with Crippen molar-refractivity contribution in [2.24, 2.45) is 0 Å². The highest BCUT2D eigenvalue weighted by molar-refractivity contribution is 9.10. The third-order valence-electron chi connectivity index (χ3n) is 3.20. The highest BCUT2D eigenvalue weighted by Crippen LogP contribution is 2.24.